The van der Waals surface area contributed by atoms with Gasteiger partial charge in [-0.3, -0.25) is 4.90 Å². The van der Waals surface area contributed by atoms with Crippen LogP contribution in [0.15, 0.2) is 23.4 Å². The van der Waals surface area contributed by atoms with Crippen LogP contribution < -0.4 is 5.73 Å². The maximum absolute atomic E-state index is 14.2. The van der Waals surface area contributed by atoms with Gasteiger partial charge in [0.2, 0.25) is 0 Å². The maximum Gasteiger partial charge on any atom is 0.170 e. The summed E-state index contributed by atoms with van der Waals surface area (Å²) in [6.07, 6.45) is 3.55. The van der Waals surface area contributed by atoms with Gasteiger partial charge in [-0.1, -0.05) is 31.1 Å². The van der Waals surface area contributed by atoms with E-state index in [0.29, 0.717) is 29.6 Å². The molecule has 4 nitrogen and oxygen atoms in total. The van der Waals surface area contributed by atoms with Crippen LogP contribution in [0.25, 0.3) is 0 Å². The Hall–Kier alpha value is -1.62. The molecule has 0 aliphatic heterocycles. The molecule has 0 radical (unpaired) electrons. The highest BCUT2D eigenvalue weighted by Gasteiger charge is 2.29. The lowest BCUT2D eigenvalue weighted by atomic mass is 10.1. The summed E-state index contributed by atoms with van der Waals surface area (Å²) in [5.74, 6) is 0.285. The van der Waals surface area contributed by atoms with E-state index in [1.165, 1.54) is 18.9 Å². The first-order chi connectivity index (χ1) is 10.0. The van der Waals surface area contributed by atoms with Gasteiger partial charge in [0, 0.05) is 23.7 Å². The average Bonchev–Trinajstić information content (AvgIpc) is 3.28. The fourth-order valence-electron chi connectivity index (χ4n) is 2.37. The number of amidine groups is 1. The molecule has 1 aliphatic carbocycles. The van der Waals surface area contributed by atoms with Crippen LogP contribution in [0.3, 0.4) is 0 Å². The number of hydrogen-bond donors (Lipinski definition) is 2. The standard InChI is InChI=1S/C16H24FN3O/c1-11(2)7-8-20(14-5-6-14)10-13-4-3-12(9-15(13)17)16(18)19-21/h3-4,9,11,14,21H,5-8,10H2,1-2H3,(H2,18,19). The zero-order valence-electron chi connectivity index (χ0n) is 12.7. The van der Waals surface area contributed by atoms with Crippen molar-refractivity contribution in [1.82, 2.24) is 4.90 Å². The van der Waals surface area contributed by atoms with Crippen LogP contribution >= 0.6 is 0 Å². The van der Waals surface area contributed by atoms with Crippen molar-refractivity contribution in [3.05, 3.63) is 35.1 Å². The van der Waals surface area contributed by atoms with Crippen molar-refractivity contribution in [3.63, 3.8) is 0 Å². The molecule has 1 aromatic rings. The fraction of sp³-hybridized carbons (Fsp3) is 0.562. The SMILES string of the molecule is CC(C)CCN(Cc1ccc(/C(N)=N/O)cc1F)C1CC1. The van der Waals surface area contributed by atoms with Gasteiger partial charge in [-0.05, 0) is 37.8 Å². The predicted molar refractivity (Wildman–Crippen MR) is 81.8 cm³/mol. The molecule has 5 heteroatoms. The Morgan fingerprint density at radius 1 is 1.48 bits per heavy atom. The van der Waals surface area contributed by atoms with Crippen LogP contribution in [0.1, 0.15) is 44.2 Å². The highest BCUT2D eigenvalue weighted by molar-refractivity contribution is 5.97. The molecule has 3 N–H and O–H groups in total. The van der Waals surface area contributed by atoms with Gasteiger partial charge in [-0.2, -0.15) is 0 Å². The number of oxime groups is 1. The lowest BCUT2D eigenvalue weighted by Gasteiger charge is -2.23. The molecule has 0 unspecified atom stereocenters. The molecule has 0 atom stereocenters. The predicted octanol–water partition coefficient (Wildman–Crippen LogP) is 2.93. The van der Waals surface area contributed by atoms with Gasteiger partial charge in [0.25, 0.3) is 0 Å². The zero-order valence-corrected chi connectivity index (χ0v) is 12.7. The largest absolute Gasteiger partial charge is 0.409 e. The van der Waals surface area contributed by atoms with Gasteiger partial charge in [0.1, 0.15) is 5.82 Å². The van der Waals surface area contributed by atoms with Crippen molar-refractivity contribution < 1.29 is 9.60 Å². The summed E-state index contributed by atoms with van der Waals surface area (Å²) in [4.78, 5) is 2.36. The molecule has 1 aliphatic rings. The summed E-state index contributed by atoms with van der Waals surface area (Å²) in [5.41, 5.74) is 6.55. The van der Waals surface area contributed by atoms with Crippen molar-refractivity contribution >= 4 is 5.84 Å². The minimum Gasteiger partial charge on any atom is -0.409 e. The maximum atomic E-state index is 14.2. The number of halogens is 1. The lowest BCUT2D eigenvalue weighted by molar-refractivity contribution is 0.236. The third-order valence-corrected chi connectivity index (χ3v) is 3.89. The molecule has 0 spiro atoms. The van der Waals surface area contributed by atoms with Crippen molar-refractivity contribution in [2.75, 3.05) is 6.54 Å². The minimum atomic E-state index is -0.297. The lowest BCUT2D eigenvalue weighted by Crippen LogP contribution is -2.28. The third-order valence-electron chi connectivity index (χ3n) is 3.89. The summed E-state index contributed by atoms with van der Waals surface area (Å²) in [5, 5.41) is 11.5. The van der Waals surface area contributed by atoms with Gasteiger partial charge in [-0.25, -0.2) is 4.39 Å². The Labute approximate surface area is 125 Å². The molecule has 0 heterocycles. The van der Waals surface area contributed by atoms with Gasteiger partial charge in [-0.15, -0.1) is 0 Å². The van der Waals surface area contributed by atoms with E-state index >= 15 is 0 Å². The first-order valence-electron chi connectivity index (χ1n) is 7.51. The fourth-order valence-corrected chi connectivity index (χ4v) is 2.37. The van der Waals surface area contributed by atoms with Crippen molar-refractivity contribution in [2.45, 2.75) is 45.7 Å². The second-order valence-electron chi connectivity index (χ2n) is 6.18. The highest BCUT2D eigenvalue weighted by atomic mass is 19.1. The van der Waals surface area contributed by atoms with Crippen LogP contribution in [-0.4, -0.2) is 28.5 Å². The molecule has 21 heavy (non-hydrogen) atoms. The van der Waals surface area contributed by atoms with E-state index in [4.69, 9.17) is 10.9 Å². The van der Waals surface area contributed by atoms with Crippen LogP contribution in [0, 0.1) is 11.7 Å². The Bertz CT molecular complexity index is 512. The van der Waals surface area contributed by atoms with E-state index in [1.807, 2.05) is 0 Å². The number of hydrogen-bond acceptors (Lipinski definition) is 3. The molecule has 2 rings (SSSR count). The summed E-state index contributed by atoms with van der Waals surface area (Å²) in [6.45, 7) is 6.04. The van der Waals surface area contributed by atoms with Crippen molar-refractivity contribution in [3.8, 4) is 0 Å². The molecular formula is C16H24FN3O. The van der Waals surface area contributed by atoms with Crippen molar-refractivity contribution in [1.29, 1.82) is 0 Å². The Kier molecular flexibility index (Phi) is 5.17. The molecule has 0 saturated heterocycles. The molecule has 1 aromatic carbocycles. The van der Waals surface area contributed by atoms with E-state index in [-0.39, 0.29) is 11.7 Å². The molecule has 0 aromatic heterocycles. The van der Waals surface area contributed by atoms with Gasteiger partial charge < -0.3 is 10.9 Å². The smallest absolute Gasteiger partial charge is 0.170 e. The second kappa shape index (κ2) is 6.89. The first kappa shape index (κ1) is 15.8. The van der Waals surface area contributed by atoms with Crippen LogP contribution in [-0.2, 0) is 6.54 Å². The molecule has 0 amide bonds. The number of nitrogens with zero attached hydrogens (tertiary/aromatic N) is 2. The highest BCUT2D eigenvalue weighted by Crippen LogP contribution is 2.29. The second-order valence-corrected chi connectivity index (χ2v) is 6.18. The van der Waals surface area contributed by atoms with E-state index < -0.39 is 0 Å². The molecule has 0 bridgehead atoms. The summed E-state index contributed by atoms with van der Waals surface area (Å²) in [7, 11) is 0. The van der Waals surface area contributed by atoms with Gasteiger partial charge >= 0.3 is 0 Å². The third kappa shape index (κ3) is 4.43. The monoisotopic (exact) mass is 293 g/mol. The summed E-state index contributed by atoms with van der Waals surface area (Å²) >= 11 is 0. The quantitative estimate of drug-likeness (QED) is 0.352. The summed E-state index contributed by atoms with van der Waals surface area (Å²) in [6, 6.07) is 5.36. The van der Waals surface area contributed by atoms with Crippen LogP contribution in [0.5, 0.6) is 0 Å². The van der Waals surface area contributed by atoms with Crippen LogP contribution in [0.2, 0.25) is 0 Å². The Morgan fingerprint density at radius 2 is 2.19 bits per heavy atom. The average molecular weight is 293 g/mol. The number of nitrogens with two attached hydrogens (primary N) is 1. The van der Waals surface area contributed by atoms with Crippen molar-refractivity contribution in [2.24, 2.45) is 16.8 Å². The van der Waals surface area contributed by atoms with E-state index in [2.05, 4.69) is 23.9 Å². The molecule has 1 fully saturated rings. The number of benzene rings is 1. The van der Waals surface area contributed by atoms with Gasteiger partial charge in [0.15, 0.2) is 5.84 Å². The molecule has 116 valence electrons. The van der Waals surface area contributed by atoms with Gasteiger partial charge in [0.05, 0.1) is 0 Å². The summed E-state index contributed by atoms with van der Waals surface area (Å²) < 4.78 is 14.2. The minimum absolute atomic E-state index is 0.0701. The topological polar surface area (TPSA) is 61.8 Å². The zero-order chi connectivity index (χ0) is 15.4. The Balaban J connectivity index is 2.06. The molecular weight excluding hydrogens is 269 g/mol. The van der Waals surface area contributed by atoms with Crippen LogP contribution in [0.4, 0.5) is 4.39 Å². The van der Waals surface area contributed by atoms with E-state index in [0.717, 1.165) is 13.0 Å². The van der Waals surface area contributed by atoms with E-state index in [1.54, 1.807) is 12.1 Å². The normalized spacial score (nSPS) is 16.0. The Morgan fingerprint density at radius 3 is 2.71 bits per heavy atom. The molecule has 1 saturated carbocycles. The first-order valence-corrected chi connectivity index (χ1v) is 7.51. The number of rotatable bonds is 7. The van der Waals surface area contributed by atoms with E-state index in [9.17, 15) is 4.39 Å².